The standard InChI is InChI=1S/C19H16Cl2N2O3/c1-10(2)17-15(6-11-4-3-5-16(24)18(11)25)19(26)23(22-17)14-8-12(20)7-13(21)9-14/h3-10,24-25H,1-2H3. The first-order valence-electron chi connectivity index (χ1n) is 7.90. The maximum atomic E-state index is 13.0. The van der Waals surface area contributed by atoms with E-state index in [1.807, 2.05) is 13.8 Å². The number of hydrogen-bond acceptors (Lipinski definition) is 4. The minimum Gasteiger partial charge on any atom is -0.504 e. The van der Waals surface area contributed by atoms with Gasteiger partial charge in [0.05, 0.1) is 17.0 Å². The highest BCUT2D eigenvalue weighted by Crippen LogP contribution is 2.34. The smallest absolute Gasteiger partial charge is 0.280 e. The van der Waals surface area contributed by atoms with Crippen LogP contribution in [0.4, 0.5) is 5.69 Å². The monoisotopic (exact) mass is 390 g/mol. The van der Waals surface area contributed by atoms with Gasteiger partial charge in [0, 0.05) is 15.6 Å². The van der Waals surface area contributed by atoms with Crippen LogP contribution in [0.15, 0.2) is 47.1 Å². The number of hydrogen-bond donors (Lipinski definition) is 2. The van der Waals surface area contributed by atoms with Crippen LogP contribution >= 0.6 is 23.2 Å². The van der Waals surface area contributed by atoms with E-state index < -0.39 is 0 Å². The van der Waals surface area contributed by atoms with Crippen LogP contribution in [0.3, 0.4) is 0 Å². The fourth-order valence-corrected chi connectivity index (χ4v) is 3.16. The quantitative estimate of drug-likeness (QED) is 0.581. The fourth-order valence-electron chi connectivity index (χ4n) is 2.65. The van der Waals surface area contributed by atoms with Crippen molar-refractivity contribution >= 4 is 46.6 Å². The molecule has 0 bridgehead atoms. The average molecular weight is 391 g/mol. The second-order valence-corrected chi connectivity index (χ2v) is 7.03. The molecule has 2 aromatic rings. The number of halogens is 2. The molecule has 0 spiro atoms. The molecular formula is C19H16Cl2N2O3. The Morgan fingerprint density at radius 1 is 1.12 bits per heavy atom. The number of anilines is 1. The van der Waals surface area contributed by atoms with Gasteiger partial charge in [0.2, 0.25) is 0 Å². The summed E-state index contributed by atoms with van der Waals surface area (Å²) in [6, 6.07) is 9.32. The van der Waals surface area contributed by atoms with Crippen LogP contribution in [0.25, 0.3) is 6.08 Å². The van der Waals surface area contributed by atoms with Gasteiger partial charge in [0.25, 0.3) is 5.91 Å². The van der Waals surface area contributed by atoms with Crippen LogP contribution in [0.2, 0.25) is 10.0 Å². The maximum absolute atomic E-state index is 13.0. The van der Waals surface area contributed by atoms with E-state index in [2.05, 4.69) is 5.10 Å². The molecule has 1 amide bonds. The van der Waals surface area contributed by atoms with Gasteiger partial charge in [-0.3, -0.25) is 4.79 Å². The van der Waals surface area contributed by atoms with Gasteiger partial charge < -0.3 is 10.2 Å². The van der Waals surface area contributed by atoms with E-state index in [4.69, 9.17) is 23.2 Å². The summed E-state index contributed by atoms with van der Waals surface area (Å²) in [7, 11) is 0. The van der Waals surface area contributed by atoms with Crippen molar-refractivity contribution in [2.75, 3.05) is 5.01 Å². The number of amides is 1. The minimum atomic E-state index is -0.366. The second kappa shape index (κ2) is 7.02. The largest absolute Gasteiger partial charge is 0.504 e. The highest BCUT2D eigenvalue weighted by molar-refractivity contribution is 6.36. The summed E-state index contributed by atoms with van der Waals surface area (Å²) in [5, 5.41) is 26.1. The Hall–Kier alpha value is -2.50. The molecule has 0 atom stereocenters. The summed E-state index contributed by atoms with van der Waals surface area (Å²) in [6.07, 6.45) is 1.52. The Morgan fingerprint density at radius 2 is 1.77 bits per heavy atom. The lowest BCUT2D eigenvalue weighted by Gasteiger charge is -2.12. The fraction of sp³-hybridized carbons (Fsp3) is 0.158. The van der Waals surface area contributed by atoms with Crippen LogP contribution in [0.1, 0.15) is 19.4 Å². The number of benzene rings is 2. The highest BCUT2D eigenvalue weighted by Gasteiger charge is 2.33. The topological polar surface area (TPSA) is 73.1 Å². The van der Waals surface area contributed by atoms with Gasteiger partial charge in [0.15, 0.2) is 11.5 Å². The first kappa shape index (κ1) is 18.3. The maximum Gasteiger partial charge on any atom is 0.280 e. The third kappa shape index (κ3) is 3.41. The van der Waals surface area contributed by atoms with Crippen molar-refractivity contribution in [3.8, 4) is 11.5 Å². The van der Waals surface area contributed by atoms with Gasteiger partial charge in [-0.15, -0.1) is 0 Å². The molecule has 3 rings (SSSR count). The van der Waals surface area contributed by atoms with Crippen molar-refractivity contribution in [1.29, 1.82) is 0 Å². The van der Waals surface area contributed by atoms with Gasteiger partial charge in [-0.05, 0) is 36.3 Å². The molecule has 0 fully saturated rings. The Morgan fingerprint density at radius 3 is 2.38 bits per heavy atom. The number of phenols is 2. The normalized spacial score (nSPS) is 15.9. The summed E-state index contributed by atoms with van der Waals surface area (Å²) >= 11 is 12.1. The van der Waals surface area contributed by atoms with Crippen molar-refractivity contribution in [2.24, 2.45) is 11.0 Å². The molecule has 0 saturated carbocycles. The molecule has 1 aliphatic heterocycles. The van der Waals surface area contributed by atoms with E-state index in [9.17, 15) is 15.0 Å². The summed E-state index contributed by atoms with van der Waals surface area (Å²) < 4.78 is 0. The molecule has 1 aliphatic rings. The zero-order chi connectivity index (χ0) is 19.0. The summed E-state index contributed by atoms with van der Waals surface area (Å²) in [5.74, 6) is -0.953. The van der Waals surface area contributed by atoms with E-state index in [0.717, 1.165) is 0 Å². The predicted molar refractivity (Wildman–Crippen MR) is 104 cm³/mol. The molecule has 0 aliphatic carbocycles. The summed E-state index contributed by atoms with van der Waals surface area (Å²) in [5.41, 5.74) is 1.67. The number of para-hydroxylation sites is 1. The number of aromatic hydroxyl groups is 2. The van der Waals surface area contributed by atoms with Gasteiger partial charge in [-0.1, -0.05) is 49.2 Å². The predicted octanol–water partition coefficient (Wildman–Crippen LogP) is 4.85. The van der Waals surface area contributed by atoms with Crippen LogP contribution in [0.5, 0.6) is 11.5 Å². The lowest BCUT2D eigenvalue weighted by Crippen LogP contribution is -2.21. The molecule has 26 heavy (non-hydrogen) atoms. The zero-order valence-electron chi connectivity index (χ0n) is 14.1. The first-order valence-corrected chi connectivity index (χ1v) is 8.65. The Balaban J connectivity index is 2.10. The van der Waals surface area contributed by atoms with Crippen molar-refractivity contribution in [3.63, 3.8) is 0 Å². The second-order valence-electron chi connectivity index (χ2n) is 6.16. The molecule has 0 saturated heterocycles. The highest BCUT2D eigenvalue weighted by atomic mass is 35.5. The molecular weight excluding hydrogens is 375 g/mol. The molecule has 134 valence electrons. The molecule has 5 nitrogen and oxygen atoms in total. The molecule has 0 radical (unpaired) electrons. The van der Waals surface area contributed by atoms with Gasteiger partial charge in [0.1, 0.15) is 0 Å². The van der Waals surface area contributed by atoms with E-state index in [0.29, 0.717) is 32.6 Å². The van der Waals surface area contributed by atoms with E-state index in [-0.39, 0.29) is 23.3 Å². The lowest BCUT2D eigenvalue weighted by molar-refractivity contribution is -0.114. The summed E-state index contributed by atoms with van der Waals surface area (Å²) in [6.45, 7) is 3.83. The Labute approximate surface area is 160 Å². The van der Waals surface area contributed by atoms with Crippen LogP contribution in [-0.4, -0.2) is 21.8 Å². The number of carbonyl (C=O) groups is 1. The third-order valence-electron chi connectivity index (χ3n) is 3.89. The SMILES string of the molecule is CC(C)C1=NN(c2cc(Cl)cc(Cl)c2)C(=O)C1=Cc1cccc(O)c1O. The van der Waals surface area contributed by atoms with Gasteiger partial charge in [-0.2, -0.15) is 10.1 Å². The lowest BCUT2D eigenvalue weighted by atomic mass is 9.98. The van der Waals surface area contributed by atoms with Crippen LogP contribution < -0.4 is 5.01 Å². The molecule has 0 unspecified atom stereocenters. The van der Waals surface area contributed by atoms with E-state index in [1.54, 1.807) is 30.3 Å². The molecule has 7 heteroatoms. The Kier molecular flexibility index (Phi) is 4.94. The zero-order valence-corrected chi connectivity index (χ0v) is 15.6. The number of carbonyl (C=O) groups excluding carboxylic acids is 1. The van der Waals surface area contributed by atoms with Gasteiger partial charge >= 0.3 is 0 Å². The molecule has 2 N–H and O–H groups in total. The first-order chi connectivity index (χ1) is 12.3. The number of phenolic OH excluding ortho intramolecular Hbond substituents is 2. The van der Waals surface area contributed by atoms with Gasteiger partial charge in [-0.25, -0.2) is 0 Å². The summed E-state index contributed by atoms with van der Waals surface area (Å²) in [4.78, 5) is 13.0. The van der Waals surface area contributed by atoms with Crippen molar-refractivity contribution in [1.82, 2.24) is 0 Å². The number of nitrogens with zero attached hydrogens (tertiary/aromatic N) is 2. The van der Waals surface area contributed by atoms with E-state index in [1.165, 1.54) is 17.2 Å². The molecule has 2 aromatic carbocycles. The Bertz CT molecular complexity index is 932. The van der Waals surface area contributed by atoms with Crippen molar-refractivity contribution in [2.45, 2.75) is 13.8 Å². The van der Waals surface area contributed by atoms with Crippen LogP contribution in [0, 0.1) is 5.92 Å². The molecule has 0 aromatic heterocycles. The third-order valence-corrected chi connectivity index (χ3v) is 4.33. The number of hydrazone groups is 1. The molecule has 1 heterocycles. The number of rotatable bonds is 3. The van der Waals surface area contributed by atoms with Crippen molar-refractivity contribution < 1.29 is 15.0 Å². The minimum absolute atomic E-state index is 0.0377. The van der Waals surface area contributed by atoms with E-state index >= 15 is 0 Å². The average Bonchev–Trinajstić information content (AvgIpc) is 2.88. The van der Waals surface area contributed by atoms with Crippen molar-refractivity contribution in [3.05, 3.63) is 57.6 Å². The van der Waals surface area contributed by atoms with Crippen LogP contribution in [-0.2, 0) is 4.79 Å².